The maximum atomic E-state index is 12.0. The topological polar surface area (TPSA) is 40.6 Å². The van der Waals surface area contributed by atoms with Gasteiger partial charge in [0.05, 0.1) is 5.75 Å². The Kier molecular flexibility index (Phi) is 7.03. The van der Waals surface area contributed by atoms with Gasteiger partial charge in [0.25, 0.3) is 0 Å². The van der Waals surface area contributed by atoms with Gasteiger partial charge in [-0.2, -0.15) is 13.2 Å². The van der Waals surface area contributed by atoms with Gasteiger partial charge in [-0.05, 0) is 19.4 Å². The van der Waals surface area contributed by atoms with E-state index in [-0.39, 0.29) is 6.42 Å². The average molecular weight is 337 g/mol. The van der Waals surface area contributed by atoms with Gasteiger partial charge in [-0.1, -0.05) is 0 Å². The van der Waals surface area contributed by atoms with Gasteiger partial charge in [-0.15, -0.1) is 11.6 Å². The van der Waals surface area contributed by atoms with Crippen molar-refractivity contribution in [3.63, 3.8) is 0 Å². The summed E-state index contributed by atoms with van der Waals surface area (Å²) in [4.78, 5) is 2.07. The molecule has 0 spiro atoms. The van der Waals surface area contributed by atoms with Crippen LogP contribution >= 0.6 is 11.6 Å². The van der Waals surface area contributed by atoms with Gasteiger partial charge < -0.3 is 4.90 Å². The van der Waals surface area contributed by atoms with Crippen LogP contribution in [0, 0.1) is 0 Å². The SMILES string of the molecule is O=S(=O)(CCCC(F)(F)F)N1CCCN(CCCl)CC1. The molecule has 9 heteroatoms. The van der Waals surface area contributed by atoms with Crippen molar-refractivity contribution >= 4 is 21.6 Å². The van der Waals surface area contributed by atoms with Gasteiger partial charge >= 0.3 is 6.18 Å². The number of alkyl halides is 4. The average Bonchev–Trinajstić information content (AvgIpc) is 2.53. The fourth-order valence-electron chi connectivity index (χ4n) is 2.15. The third-order valence-electron chi connectivity index (χ3n) is 3.20. The molecule has 1 heterocycles. The van der Waals surface area contributed by atoms with Crippen LogP contribution in [0.2, 0.25) is 0 Å². The second kappa shape index (κ2) is 7.82. The molecule has 0 N–H and O–H groups in total. The minimum atomic E-state index is -4.30. The minimum absolute atomic E-state index is 0.325. The molecule has 20 heavy (non-hydrogen) atoms. The highest BCUT2D eigenvalue weighted by molar-refractivity contribution is 7.89. The highest BCUT2D eigenvalue weighted by Gasteiger charge is 2.29. The van der Waals surface area contributed by atoms with Crippen LogP contribution in [0.3, 0.4) is 0 Å². The van der Waals surface area contributed by atoms with Crippen LogP contribution in [0.4, 0.5) is 13.2 Å². The van der Waals surface area contributed by atoms with Crippen molar-refractivity contribution in [1.29, 1.82) is 0 Å². The quantitative estimate of drug-likeness (QED) is 0.696. The van der Waals surface area contributed by atoms with E-state index in [2.05, 4.69) is 4.90 Å². The molecule has 0 aromatic carbocycles. The molecule has 0 aromatic rings. The van der Waals surface area contributed by atoms with E-state index >= 15 is 0 Å². The van der Waals surface area contributed by atoms with Crippen molar-refractivity contribution in [3.8, 4) is 0 Å². The van der Waals surface area contributed by atoms with E-state index in [9.17, 15) is 21.6 Å². The zero-order chi connectivity index (χ0) is 15.2. The van der Waals surface area contributed by atoms with Gasteiger partial charge in [-0.25, -0.2) is 12.7 Å². The summed E-state index contributed by atoms with van der Waals surface area (Å²) in [5.41, 5.74) is 0. The Bertz CT molecular complexity index is 390. The molecule has 0 aromatic heterocycles. The number of halogens is 4. The summed E-state index contributed by atoms with van der Waals surface area (Å²) in [5, 5.41) is 0. The van der Waals surface area contributed by atoms with Crippen molar-refractivity contribution in [2.24, 2.45) is 0 Å². The summed E-state index contributed by atoms with van der Waals surface area (Å²) in [6, 6.07) is 0. The highest BCUT2D eigenvalue weighted by atomic mass is 35.5. The highest BCUT2D eigenvalue weighted by Crippen LogP contribution is 2.22. The molecular formula is C11H20ClF3N2O2S. The number of rotatable bonds is 6. The first-order valence-corrected chi connectivity index (χ1v) is 8.72. The van der Waals surface area contributed by atoms with Crippen LogP contribution in [-0.4, -0.2) is 68.2 Å². The molecule has 1 fully saturated rings. The Morgan fingerprint density at radius 1 is 1.10 bits per heavy atom. The normalized spacial score (nSPS) is 20.0. The maximum absolute atomic E-state index is 12.0. The summed E-state index contributed by atoms with van der Waals surface area (Å²) < 4.78 is 61.4. The zero-order valence-corrected chi connectivity index (χ0v) is 12.8. The zero-order valence-electron chi connectivity index (χ0n) is 11.2. The number of nitrogens with zero attached hydrogens (tertiary/aromatic N) is 2. The Hall–Kier alpha value is -0.0500. The van der Waals surface area contributed by atoms with Crippen molar-refractivity contribution in [2.75, 3.05) is 44.4 Å². The van der Waals surface area contributed by atoms with E-state index in [4.69, 9.17) is 11.6 Å². The predicted octanol–water partition coefficient (Wildman–Crippen LogP) is 1.91. The van der Waals surface area contributed by atoms with E-state index in [0.717, 1.165) is 6.54 Å². The summed E-state index contributed by atoms with van der Waals surface area (Å²) in [7, 11) is -3.59. The lowest BCUT2D eigenvalue weighted by molar-refractivity contribution is -0.134. The standard InChI is InChI=1S/C11H20ClF3N2O2S/c12-4-7-16-5-2-6-17(9-8-16)20(18,19)10-1-3-11(13,14)15/h1-10H2. The molecule has 0 unspecified atom stereocenters. The van der Waals surface area contributed by atoms with Crippen molar-refractivity contribution in [3.05, 3.63) is 0 Å². The summed E-state index contributed by atoms with van der Waals surface area (Å²) in [5.74, 6) is 0.0420. The van der Waals surface area contributed by atoms with Crippen molar-refractivity contribution < 1.29 is 21.6 Å². The fraction of sp³-hybridized carbons (Fsp3) is 1.00. The Morgan fingerprint density at radius 3 is 2.40 bits per heavy atom. The van der Waals surface area contributed by atoms with E-state index in [1.807, 2.05) is 0 Å². The molecule has 0 bridgehead atoms. The second-order valence-corrected chi connectivity index (χ2v) is 7.28. The third-order valence-corrected chi connectivity index (χ3v) is 5.33. The Balaban J connectivity index is 2.47. The molecular weight excluding hydrogens is 317 g/mol. The first kappa shape index (κ1) is 18.0. The van der Waals surface area contributed by atoms with Crippen LogP contribution in [-0.2, 0) is 10.0 Å². The molecule has 120 valence electrons. The Labute approximate surface area is 122 Å². The molecule has 1 aliphatic heterocycles. The largest absolute Gasteiger partial charge is 0.389 e. The molecule has 1 aliphatic rings. The minimum Gasteiger partial charge on any atom is -0.301 e. The van der Waals surface area contributed by atoms with Gasteiger partial charge in [0.15, 0.2) is 0 Å². The molecule has 4 nitrogen and oxygen atoms in total. The van der Waals surface area contributed by atoms with Crippen LogP contribution < -0.4 is 0 Å². The third kappa shape index (κ3) is 6.60. The molecule has 0 atom stereocenters. The van der Waals surface area contributed by atoms with Gasteiger partial charge in [0.2, 0.25) is 10.0 Å². The molecule has 0 radical (unpaired) electrons. The number of hydrogen-bond donors (Lipinski definition) is 0. The molecule has 0 amide bonds. The maximum Gasteiger partial charge on any atom is 0.389 e. The summed E-state index contributed by atoms with van der Waals surface area (Å²) in [6.45, 7) is 2.73. The summed E-state index contributed by atoms with van der Waals surface area (Å²) in [6.07, 6.45) is -5.06. The second-order valence-electron chi connectivity index (χ2n) is 4.82. The van der Waals surface area contributed by atoms with E-state index < -0.39 is 28.4 Å². The Morgan fingerprint density at radius 2 is 1.80 bits per heavy atom. The van der Waals surface area contributed by atoms with Crippen LogP contribution in [0.15, 0.2) is 0 Å². The predicted molar refractivity (Wildman–Crippen MR) is 72.4 cm³/mol. The number of sulfonamides is 1. The molecule has 1 rings (SSSR count). The molecule has 0 aliphatic carbocycles. The lowest BCUT2D eigenvalue weighted by Gasteiger charge is -2.21. The van der Waals surface area contributed by atoms with E-state index in [0.29, 0.717) is 38.5 Å². The van der Waals surface area contributed by atoms with E-state index in [1.165, 1.54) is 4.31 Å². The number of hydrogen-bond acceptors (Lipinski definition) is 3. The smallest absolute Gasteiger partial charge is 0.301 e. The lowest BCUT2D eigenvalue weighted by atomic mass is 10.3. The lowest BCUT2D eigenvalue weighted by Crippen LogP contribution is -2.37. The van der Waals surface area contributed by atoms with E-state index in [1.54, 1.807) is 0 Å². The monoisotopic (exact) mass is 336 g/mol. The van der Waals surface area contributed by atoms with Gasteiger partial charge in [0, 0.05) is 38.5 Å². The van der Waals surface area contributed by atoms with Gasteiger partial charge in [0.1, 0.15) is 0 Å². The first-order valence-electron chi connectivity index (χ1n) is 6.57. The van der Waals surface area contributed by atoms with Crippen molar-refractivity contribution in [2.45, 2.75) is 25.4 Å². The molecule has 1 saturated heterocycles. The summed E-state index contributed by atoms with van der Waals surface area (Å²) >= 11 is 5.65. The van der Waals surface area contributed by atoms with Crippen LogP contribution in [0.25, 0.3) is 0 Å². The van der Waals surface area contributed by atoms with Gasteiger partial charge in [-0.3, -0.25) is 0 Å². The fourth-order valence-corrected chi connectivity index (χ4v) is 3.93. The van der Waals surface area contributed by atoms with Crippen LogP contribution in [0.1, 0.15) is 19.3 Å². The first-order chi connectivity index (χ1) is 9.24. The molecule has 0 saturated carbocycles. The van der Waals surface area contributed by atoms with Crippen molar-refractivity contribution in [1.82, 2.24) is 9.21 Å². The van der Waals surface area contributed by atoms with Crippen LogP contribution in [0.5, 0.6) is 0 Å².